The van der Waals surface area contributed by atoms with Gasteiger partial charge in [-0.05, 0) is 57.2 Å². The van der Waals surface area contributed by atoms with Gasteiger partial charge in [-0.25, -0.2) is 4.39 Å². The molecular formula is C18H19BrFNO2. The first kappa shape index (κ1) is 17.5. The third-order valence-electron chi connectivity index (χ3n) is 3.49. The average Bonchev–Trinajstić information content (AvgIpc) is 2.48. The van der Waals surface area contributed by atoms with Gasteiger partial charge in [0.25, 0.3) is 5.91 Å². The monoisotopic (exact) mass is 379 g/mol. The van der Waals surface area contributed by atoms with E-state index in [0.717, 1.165) is 5.56 Å². The lowest BCUT2D eigenvalue weighted by Gasteiger charge is -2.21. The number of rotatable bonds is 3. The molecule has 0 fully saturated rings. The van der Waals surface area contributed by atoms with Gasteiger partial charge < -0.3 is 10.1 Å². The summed E-state index contributed by atoms with van der Waals surface area (Å²) in [5, 5.41) is 2.80. The third kappa shape index (κ3) is 4.10. The second-order valence-corrected chi connectivity index (χ2v) is 7.10. The first-order chi connectivity index (χ1) is 10.7. The molecule has 23 heavy (non-hydrogen) atoms. The van der Waals surface area contributed by atoms with Crippen molar-refractivity contribution < 1.29 is 13.9 Å². The zero-order chi connectivity index (χ0) is 17.2. The summed E-state index contributed by atoms with van der Waals surface area (Å²) >= 11 is 3.27. The molecule has 5 heteroatoms. The summed E-state index contributed by atoms with van der Waals surface area (Å²) < 4.78 is 19.2. The molecule has 3 nitrogen and oxygen atoms in total. The van der Waals surface area contributed by atoms with Crippen molar-refractivity contribution in [3.63, 3.8) is 0 Å². The smallest absolute Gasteiger partial charge is 0.257 e. The zero-order valence-corrected chi connectivity index (χ0v) is 15.1. The molecule has 2 aromatic carbocycles. The van der Waals surface area contributed by atoms with Gasteiger partial charge in [-0.2, -0.15) is 0 Å². The Bertz CT molecular complexity index is 738. The van der Waals surface area contributed by atoms with E-state index in [1.807, 2.05) is 18.2 Å². The molecule has 2 rings (SSSR count). The highest BCUT2D eigenvalue weighted by molar-refractivity contribution is 9.10. The van der Waals surface area contributed by atoms with Crippen LogP contribution in [0.1, 0.15) is 36.7 Å². The summed E-state index contributed by atoms with van der Waals surface area (Å²) in [4.78, 5) is 12.5. The van der Waals surface area contributed by atoms with E-state index in [-0.39, 0.29) is 11.0 Å². The van der Waals surface area contributed by atoms with Gasteiger partial charge >= 0.3 is 0 Å². The summed E-state index contributed by atoms with van der Waals surface area (Å²) in [5.41, 5.74) is 1.78. The number of anilines is 1. The van der Waals surface area contributed by atoms with E-state index in [4.69, 9.17) is 4.74 Å². The maximum atomic E-state index is 13.4. The Balaban J connectivity index is 2.38. The van der Waals surface area contributed by atoms with E-state index in [0.29, 0.717) is 15.9 Å². The lowest BCUT2D eigenvalue weighted by Crippen LogP contribution is -2.16. The molecular weight excluding hydrogens is 361 g/mol. The molecule has 0 radical (unpaired) electrons. The number of ether oxygens (including phenoxy) is 1. The molecule has 2 aromatic rings. The first-order valence-corrected chi connectivity index (χ1v) is 7.96. The normalized spacial score (nSPS) is 11.2. The van der Waals surface area contributed by atoms with E-state index >= 15 is 0 Å². The highest BCUT2D eigenvalue weighted by atomic mass is 79.9. The molecule has 0 bridgehead atoms. The standard InChI is InChI=1S/C18H19BrFNO2/c1-18(2,3)11-5-8-16(23-4)15(9-11)21-17(22)13-10-12(20)6-7-14(13)19/h5-10H,1-4H3,(H,21,22). The highest BCUT2D eigenvalue weighted by Gasteiger charge is 2.18. The number of benzene rings is 2. The van der Waals surface area contributed by atoms with Crippen molar-refractivity contribution in [2.24, 2.45) is 0 Å². The van der Waals surface area contributed by atoms with E-state index < -0.39 is 11.7 Å². The summed E-state index contributed by atoms with van der Waals surface area (Å²) in [6.45, 7) is 6.26. The van der Waals surface area contributed by atoms with Gasteiger partial charge in [-0.3, -0.25) is 4.79 Å². The number of carbonyl (C=O) groups excluding carboxylic acids is 1. The fourth-order valence-electron chi connectivity index (χ4n) is 2.13. The number of halogens is 2. The van der Waals surface area contributed by atoms with Crippen LogP contribution >= 0.6 is 15.9 Å². The summed E-state index contributed by atoms with van der Waals surface area (Å²) in [6.07, 6.45) is 0. The fraction of sp³-hybridized carbons (Fsp3) is 0.278. The van der Waals surface area contributed by atoms with Gasteiger partial charge in [0.05, 0.1) is 18.4 Å². The van der Waals surface area contributed by atoms with Crippen LogP contribution in [0, 0.1) is 5.82 Å². The SMILES string of the molecule is COc1ccc(C(C)(C)C)cc1NC(=O)c1cc(F)ccc1Br. The number of amides is 1. The Kier molecular flexibility index (Phi) is 5.09. The van der Waals surface area contributed by atoms with Gasteiger partial charge in [0.2, 0.25) is 0 Å². The zero-order valence-electron chi connectivity index (χ0n) is 13.5. The number of carbonyl (C=O) groups is 1. The van der Waals surface area contributed by atoms with E-state index in [2.05, 4.69) is 42.0 Å². The summed E-state index contributed by atoms with van der Waals surface area (Å²) in [5.74, 6) is -0.312. The molecule has 0 heterocycles. The minimum atomic E-state index is -0.464. The Morgan fingerprint density at radius 3 is 2.48 bits per heavy atom. The van der Waals surface area contributed by atoms with Crippen LogP contribution in [-0.2, 0) is 5.41 Å². The van der Waals surface area contributed by atoms with E-state index in [1.165, 1.54) is 18.2 Å². The minimum Gasteiger partial charge on any atom is -0.495 e. The summed E-state index contributed by atoms with van der Waals surface area (Å²) in [7, 11) is 1.54. The van der Waals surface area contributed by atoms with Crippen molar-refractivity contribution in [2.45, 2.75) is 26.2 Å². The van der Waals surface area contributed by atoms with Gasteiger partial charge in [-0.15, -0.1) is 0 Å². The Labute approximate surface area is 144 Å². The maximum Gasteiger partial charge on any atom is 0.257 e. The van der Waals surface area contributed by atoms with Crippen molar-refractivity contribution in [3.8, 4) is 5.75 Å². The molecule has 0 aliphatic carbocycles. The van der Waals surface area contributed by atoms with Crippen molar-refractivity contribution in [1.82, 2.24) is 0 Å². The predicted octanol–water partition coefficient (Wildman–Crippen LogP) is 5.15. The molecule has 122 valence electrons. The van der Waals surface area contributed by atoms with Gasteiger partial charge in [0.15, 0.2) is 0 Å². The highest BCUT2D eigenvalue weighted by Crippen LogP contribution is 2.32. The van der Waals surface area contributed by atoms with Crippen LogP contribution in [0.3, 0.4) is 0 Å². The molecule has 0 aromatic heterocycles. The van der Waals surface area contributed by atoms with Crippen molar-refractivity contribution in [1.29, 1.82) is 0 Å². The quantitative estimate of drug-likeness (QED) is 0.800. The van der Waals surface area contributed by atoms with E-state index in [1.54, 1.807) is 7.11 Å². The topological polar surface area (TPSA) is 38.3 Å². The maximum absolute atomic E-state index is 13.4. The predicted molar refractivity (Wildman–Crippen MR) is 93.7 cm³/mol. The minimum absolute atomic E-state index is 0.0643. The second kappa shape index (κ2) is 6.71. The Morgan fingerprint density at radius 1 is 1.17 bits per heavy atom. The molecule has 0 aliphatic heterocycles. The number of hydrogen-bond acceptors (Lipinski definition) is 2. The molecule has 1 N–H and O–H groups in total. The largest absolute Gasteiger partial charge is 0.495 e. The Hall–Kier alpha value is -1.88. The first-order valence-electron chi connectivity index (χ1n) is 7.17. The fourth-order valence-corrected chi connectivity index (χ4v) is 2.56. The van der Waals surface area contributed by atoms with Gasteiger partial charge in [-0.1, -0.05) is 26.8 Å². The lowest BCUT2D eigenvalue weighted by molar-refractivity contribution is 0.102. The van der Waals surface area contributed by atoms with Crippen LogP contribution in [0.5, 0.6) is 5.75 Å². The van der Waals surface area contributed by atoms with Crippen LogP contribution in [0.2, 0.25) is 0 Å². The molecule has 0 unspecified atom stereocenters. The molecule has 0 saturated carbocycles. The van der Waals surface area contributed by atoms with Gasteiger partial charge in [0, 0.05) is 4.47 Å². The van der Waals surface area contributed by atoms with Crippen LogP contribution in [-0.4, -0.2) is 13.0 Å². The Morgan fingerprint density at radius 2 is 1.87 bits per heavy atom. The molecule has 0 aliphatic rings. The molecule has 0 saturated heterocycles. The number of hydrogen-bond donors (Lipinski definition) is 1. The molecule has 0 spiro atoms. The lowest BCUT2D eigenvalue weighted by atomic mass is 9.87. The van der Waals surface area contributed by atoms with Crippen LogP contribution in [0.4, 0.5) is 10.1 Å². The summed E-state index contributed by atoms with van der Waals surface area (Å²) in [6, 6.07) is 9.65. The van der Waals surface area contributed by atoms with Gasteiger partial charge in [0.1, 0.15) is 11.6 Å². The second-order valence-electron chi connectivity index (χ2n) is 6.24. The average molecular weight is 380 g/mol. The van der Waals surface area contributed by atoms with Crippen molar-refractivity contribution in [3.05, 3.63) is 57.8 Å². The van der Waals surface area contributed by atoms with Crippen LogP contribution < -0.4 is 10.1 Å². The number of methoxy groups -OCH3 is 1. The van der Waals surface area contributed by atoms with E-state index in [9.17, 15) is 9.18 Å². The van der Waals surface area contributed by atoms with Crippen molar-refractivity contribution in [2.75, 3.05) is 12.4 Å². The van der Waals surface area contributed by atoms with Crippen LogP contribution in [0.25, 0.3) is 0 Å². The number of nitrogens with one attached hydrogen (secondary N) is 1. The molecule has 0 atom stereocenters. The third-order valence-corrected chi connectivity index (χ3v) is 4.18. The van der Waals surface area contributed by atoms with Crippen LogP contribution in [0.15, 0.2) is 40.9 Å². The van der Waals surface area contributed by atoms with Crippen molar-refractivity contribution >= 4 is 27.5 Å². The molecule has 1 amide bonds.